The molecule has 0 heterocycles. The van der Waals surface area contributed by atoms with Gasteiger partial charge in [0, 0.05) is 5.02 Å². The molecule has 0 bridgehead atoms. The largest absolute Gasteiger partial charge is 0.456 e. The van der Waals surface area contributed by atoms with Crippen molar-refractivity contribution in [2.45, 2.75) is 27.7 Å². The summed E-state index contributed by atoms with van der Waals surface area (Å²) in [6.45, 7) is 7.92. The van der Waals surface area contributed by atoms with Gasteiger partial charge in [-0.3, -0.25) is 0 Å². The van der Waals surface area contributed by atoms with Gasteiger partial charge in [-0.1, -0.05) is 43.1 Å². The van der Waals surface area contributed by atoms with Crippen molar-refractivity contribution in [1.29, 1.82) is 0 Å². The molecule has 0 fully saturated rings. The zero-order valence-corrected chi connectivity index (χ0v) is 13.1. The number of benzene rings is 2. The van der Waals surface area contributed by atoms with Crippen molar-refractivity contribution in [3.8, 4) is 11.5 Å². The summed E-state index contributed by atoms with van der Waals surface area (Å²) in [5.74, 6) is 1.39. The number of hydrogen-bond donors (Lipinski definition) is 0. The van der Waals surface area contributed by atoms with Gasteiger partial charge in [0.2, 0.25) is 0 Å². The first-order valence-electron chi connectivity index (χ1n) is 6.26. The summed E-state index contributed by atoms with van der Waals surface area (Å²) in [4.78, 5) is 0. The van der Waals surface area contributed by atoms with E-state index < -0.39 is 0 Å². The molecule has 0 N–H and O–H groups in total. The Kier molecular flexibility index (Phi) is 6.20. The number of hydrogen-bond acceptors (Lipinski definition) is 1. The van der Waals surface area contributed by atoms with Crippen LogP contribution in [0.5, 0.6) is 11.5 Å². The lowest BCUT2D eigenvalue weighted by molar-refractivity contribution is 0.482. The molecule has 2 aromatic rings. The summed E-state index contributed by atoms with van der Waals surface area (Å²) in [6.07, 6.45) is 0. The van der Waals surface area contributed by atoms with Crippen molar-refractivity contribution < 1.29 is 4.74 Å². The maximum absolute atomic E-state index is 6.10. The molecule has 0 aliphatic carbocycles. The lowest BCUT2D eigenvalue weighted by Gasteiger charge is -2.09. The number of rotatable bonds is 2. The van der Waals surface area contributed by atoms with Crippen LogP contribution in [0.25, 0.3) is 0 Å². The molecular formula is C16H18Cl2O. The Morgan fingerprint density at radius 3 is 2.11 bits per heavy atom. The molecule has 0 aliphatic heterocycles. The van der Waals surface area contributed by atoms with E-state index in [1.165, 1.54) is 0 Å². The van der Waals surface area contributed by atoms with Gasteiger partial charge in [0.15, 0.2) is 0 Å². The first-order chi connectivity index (χ1) is 9.06. The fraction of sp³-hybridized carbons (Fsp3) is 0.250. The van der Waals surface area contributed by atoms with Crippen LogP contribution in [0.4, 0.5) is 0 Å². The predicted octanol–water partition coefficient (Wildman–Crippen LogP) is 6.43. The normalized spacial score (nSPS) is 9.58. The second-order valence-electron chi connectivity index (χ2n) is 3.95. The summed E-state index contributed by atoms with van der Waals surface area (Å²) in [7, 11) is 0. The summed E-state index contributed by atoms with van der Waals surface area (Å²) in [5.41, 5.74) is 2.09. The Morgan fingerprint density at radius 2 is 1.53 bits per heavy atom. The minimum Gasteiger partial charge on any atom is -0.456 e. The molecule has 0 amide bonds. The highest BCUT2D eigenvalue weighted by Gasteiger charge is 2.04. The van der Waals surface area contributed by atoms with Crippen LogP contribution >= 0.6 is 23.2 Å². The van der Waals surface area contributed by atoms with Crippen LogP contribution in [0.2, 0.25) is 10.0 Å². The van der Waals surface area contributed by atoms with Gasteiger partial charge in [-0.25, -0.2) is 0 Å². The highest BCUT2D eigenvalue weighted by molar-refractivity contribution is 6.32. The van der Waals surface area contributed by atoms with Gasteiger partial charge in [-0.2, -0.15) is 0 Å². The zero-order chi connectivity index (χ0) is 14.4. The van der Waals surface area contributed by atoms with Crippen LogP contribution in [-0.2, 0) is 0 Å². The van der Waals surface area contributed by atoms with Crippen LogP contribution in [0.3, 0.4) is 0 Å². The van der Waals surface area contributed by atoms with Crippen molar-refractivity contribution in [3.05, 3.63) is 57.6 Å². The average Bonchev–Trinajstić information content (AvgIpc) is 2.39. The molecular weight excluding hydrogens is 279 g/mol. The minimum absolute atomic E-state index is 0.609. The van der Waals surface area contributed by atoms with Gasteiger partial charge in [0.05, 0.1) is 5.02 Å². The van der Waals surface area contributed by atoms with E-state index in [0.29, 0.717) is 10.8 Å². The van der Waals surface area contributed by atoms with Gasteiger partial charge >= 0.3 is 0 Å². The van der Waals surface area contributed by atoms with E-state index in [2.05, 4.69) is 0 Å². The Labute approximate surface area is 125 Å². The Morgan fingerprint density at radius 1 is 0.842 bits per heavy atom. The first-order valence-corrected chi connectivity index (χ1v) is 7.02. The third-order valence-corrected chi connectivity index (χ3v) is 3.16. The van der Waals surface area contributed by atoms with Gasteiger partial charge in [0.25, 0.3) is 0 Å². The SMILES string of the molecule is CC.Cc1ccc(Oc2ccc(Cl)c(C)c2)c(Cl)c1. The Balaban J connectivity index is 0.000000861. The van der Waals surface area contributed by atoms with Crippen LogP contribution < -0.4 is 4.74 Å². The molecule has 3 heteroatoms. The fourth-order valence-electron chi connectivity index (χ4n) is 1.50. The Bertz CT molecular complexity index is 550. The zero-order valence-electron chi connectivity index (χ0n) is 11.6. The molecule has 0 saturated carbocycles. The monoisotopic (exact) mass is 296 g/mol. The van der Waals surface area contributed by atoms with E-state index in [1.807, 2.05) is 64.1 Å². The van der Waals surface area contributed by atoms with E-state index in [-0.39, 0.29) is 0 Å². The molecule has 0 spiro atoms. The van der Waals surface area contributed by atoms with E-state index >= 15 is 0 Å². The third-order valence-electron chi connectivity index (χ3n) is 2.44. The summed E-state index contributed by atoms with van der Waals surface area (Å²) < 4.78 is 5.71. The van der Waals surface area contributed by atoms with Crippen LogP contribution in [0, 0.1) is 13.8 Å². The number of aryl methyl sites for hydroxylation is 2. The average molecular weight is 297 g/mol. The smallest absolute Gasteiger partial charge is 0.146 e. The number of ether oxygens (including phenoxy) is 1. The van der Waals surface area contributed by atoms with Crippen molar-refractivity contribution in [1.82, 2.24) is 0 Å². The molecule has 0 aromatic heterocycles. The summed E-state index contributed by atoms with van der Waals surface area (Å²) >= 11 is 12.1. The lowest BCUT2D eigenvalue weighted by atomic mass is 10.2. The second kappa shape index (κ2) is 7.42. The van der Waals surface area contributed by atoms with Crippen molar-refractivity contribution >= 4 is 23.2 Å². The van der Waals surface area contributed by atoms with E-state index in [9.17, 15) is 0 Å². The minimum atomic E-state index is 0.609. The molecule has 2 rings (SSSR count). The molecule has 19 heavy (non-hydrogen) atoms. The van der Waals surface area contributed by atoms with Crippen LogP contribution in [0.15, 0.2) is 36.4 Å². The van der Waals surface area contributed by atoms with Crippen molar-refractivity contribution in [3.63, 3.8) is 0 Å². The van der Waals surface area contributed by atoms with Gasteiger partial charge in [0.1, 0.15) is 11.5 Å². The molecule has 0 unspecified atom stereocenters. The van der Waals surface area contributed by atoms with Gasteiger partial charge < -0.3 is 4.74 Å². The van der Waals surface area contributed by atoms with Gasteiger partial charge in [-0.05, 0) is 55.3 Å². The molecule has 1 nitrogen and oxygen atoms in total. The predicted molar refractivity (Wildman–Crippen MR) is 83.8 cm³/mol. The summed E-state index contributed by atoms with van der Waals surface area (Å²) in [6, 6.07) is 11.2. The molecule has 0 saturated heterocycles. The van der Waals surface area contributed by atoms with Gasteiger partial charge in [-0.15, -0.1) is 0 Å². The molecule has 0 aliphatic rings. The Hall–Kier alpha value is -1.18. The maximum atomic E-state index is 6.10. The lowest BCUT2D eigenvalue weighted by Crippen LogP contribution is -1.87. The highest BCUT2D eigenvalue weighted by atomic mass is 35.5. The first kappa shape index (κ1) is 15.9. The standard InChI is InChI=1S/C14H12Cl2O.C2H6/c1-9-3-6-14(13(16)7-9)17-11-4-5-12(15)10(2)8-11;1-2/h3-8H,1-2H3;1-2H3. The van der Waals surface area contributed by atoms with Crippen LogP contribution in [-0.4, -0.2) is 0 Å². The third kappa shape index (κ3) is 4.45. The number of halogens is 2. The molecule has 2 aromatic carbocycles. The quantitative estimate of drug-likeness (QED) is 0.620. The van der Waals surface area contributed by atoms with Crippen molar-refractivity contribution in [2.75, 3.05) is 0 Å². The van der Waals surface area contributed by atoms with E-state index in [0.717, 1.165) is 21.9 Å². The molecule has 0 radical (unpaired) electrons. The topological polar surface area (TPSA) is 9.23 Å². The van der Waals surface area contributed by atoms with E-state index in [1.54, 1.807) is 0 Å². The molecule has 0 atom stereocenters. The van der Waals surface area contributed by atoms with Crippen molar-refractivity contribution in [2.24, 2.45) is 0 Å². The summed E-state index contributed by atoms with van der Waals surface area (Å²) in [5, 5.41) is 1.34. The van der Waals surface area contributed by atoms with Crippen LogP contribution in [0.1, 0.15) is 25.0 Å². The molecule has 102 valence electrons. The van der Waals surface area contributed by atoms with E-state index in [4.69, 9.17) is 27.9 Å². The maximum Gasteiger partial charge on any atom is 0.146 e. The highest BCUT2D eigenvalue weighted by Crippen LogP contribution is 2.31. The fourth-order valence-corrected chi connectivity index (χ4v) is 1.89. The second-order valence-corrected chi connectivity index (χ2v) is 4.76.